The van der Waals surface area contributed by atoms with Crippen LogP contribution in [0.1, 0.15) is 19.9 Å². The Kier molecular flexibility index (Phi) is 2.92. The number of hydrogen-bond acceptors (Lipinski definition) is 2. The maximum atomic E-state index is 7.36. The summed E-state index contributed by atoms with van der Waals surface area (Å²) in [5.41, 5.74) is 6.63. The maximum Gasteiger partial charge on any atom is 0.156 e. The Morgan fingerprint density at radius 3 is 2.69 bits per heavy atom. The van der Waals surface area contributed by atoms with Gasteiger partial charge in [0.25, 0.3) is 0 Å². The summed E-state index contributed by atoms with van der Waals surface area (Å²) in [6.45, 7) is 4.29. The normalized spacial score (nSPS) is 11.2. The van der Waals surface area contributed by atoms with Crippen LogP contribution in [0.4, 0.5) is 0 Å². The molecule has 0 radical (unpaired) electrons. The molecular weight excluding hydrogens is 218 g/mol. The van der Waals surface area contributed by atoms with Crippen molar-refractivity contribution in [2.75, 3.05) is 0 Å². The van der Waals surface area contributed by atoms with Gasteiger partial charge in [0.2, 0.25) is 0 Å². The average Bonchev–Trinajstić information content (AvgIpc) is 2.57. The summed E-state index contributed by atoms with van der Waals surface area (Å²) in [5.74, 6) is 0. The smallest absolute Gasteiger partial charge is 0.156 e. The molecule has 0 unspecified atom stereocenters. The fourth-order valence-corrected chi connectivity index (χ4v) is 2.49. The number of amidine groups is 1. The van der Waals surface area contributed by atoms with Gasteiger partial charge in [-0.3, -0.25) is 5.41 Å². The van der Waals surface area contributed by atoms with Gasteiger partial charge in [0.15, 0.2) is 5.17 Å². The van der Waals surface area contributed by atoms with E-state index in [0.717, 1.165) is 10.3 Å². The molecule has 0 aliphatic rings. The van der Waals surface area contributed by atoms with E-state index in [1.807, 2.05) is 12.1 Å². The molecule has 1 aromatic heterocycles. The third kappa shape index (κ3) is 1.93. The minimum atomic E-state index is 0.131. The molecule has 3 nitrogen and oxygen atoms in total. The molecule has 0 fully saturated rings. The van der Waals surface area contributed by atoms with Crippen LogP contribution < -0.4 is 5.73 Å². The highest BCUT2D eigenvalue weighted by atomic mass is 32.2. The molecule has 0 atom stereocenters. The van der Waals surface area contributed by atoms with Gasteiger partial charge >= 0.3 is 0 Å². The van der Waals surface area contributed by atoms with E-state index in [4.69, 9.17) is 11.1 Å². The van der Waals surface area contributed by atoms with Crippen LogP contribution in [0, 0.1) is 5.41 Å². The Morgan fingerprint density at radius 2 is 2.06 bits per heavy atom. The molecule has 3 N–H and O–H groups in total. The first-order chi connectivity index (χ1) is 7.59. The summed E-state index contributed by atoms with van der Waals surface area (Å²) in [7, 11) is 0. The number of hydrogen-bond donors (Lipinski definition) is 2. The lowest BCUT2D eigenvalue weighted by molar-refractivity contribution is 0.620. The maximum absolute atomic E-state index is 7.36. The number of thioether (sulfide) groups is 1. The van der Waals surface area contributed by atoms with Crippen molar-refractivity contribution in [2.45, 2.75) is 24.8 Å². The zero-order valence-electron chi connectivity index (χ0n) is 9.40. The highest BCUT2D eigenvalue weighted by molar-refractivity contribution is 8.13. The Hall–Kier alpha value is -1.42. The van der Waals surface area contributed by atoms with Gasteiger partial charge in [0.1, 0.15) is 0 Å². The molecule has 4 heteroatoms. The molecule has 84 valence electrons. The molecule has 0 bridgehead atoms. The lowest BCUT2D eigenvalue weighted by atomic mass is 10.2. The van der Waals surface area contributed by atoms with Crippen molar-refractivity contribution >= 4 is 27.8 Å². The minimum absolute atomic E-state index is 0.131. The second-order valence-electron chi connectivity index (χ2n) is 3.98. The van der Waals surface area contributed by atoms with Crippen LogP contribution in [-0.2, 0) is 0 Å². The SMILES string of the molecule is CC(C)n1cc(SC(=N)N)c2ccccc21. The predicted octanol–water partition coefficient (Wildman–Crippen LogP) is 3.21. The molecule has 1 aromatic carbocycles. The highest BCUT2D eigenvalue weighted by Gasteiger charge is 2.10. The summed E-state index contributed by atoms with van der Waals surface area (Å²) in [6.07, 6.45) is 2.07. The van der Waals surface area contributed by atoms with Crippen LogP contribution >= 0.6 is 11.8 Å². The van der Waals surface area contributed by atoms with E-state index in [-0.39, 0.29) is 5.17 Å². The van der Waals surface area contributed by atoms with E-state index < -0.39 is 0 Å². The monoisotopic (exact) mass is 233 g/mol. The standard InChI is InChI=1S/C12H15N3S/c1-8(2)15-7-11(16-12(13)14)9-5-3-4-6-10(9)15/h3-8H,1-2H3,(H3,13,14). The summed E-state index contributed by atoms with van der Waals surface area (Å²) in [4.78, 5) is 1.05. The van der Waals surface area contributed by atoms with E-state index in [1.54, 1.807) is 0 Å². The van der Waals surface area contributed by atoms with Crippen LogP contribution in [0.25, 0.3) is 10.9 Å². The van der Waals surface area contributed by atoms with Crippen LogP contribution in [0.15, 0.2) is 35.4 Å². The predicted molar refractivity (Wildman–Crippen MR) is 70.1 cm³/mol. The van der Waals surface area contributed by atoms with Gasteiger partial charge in [-0.2, -0.15) is 0 Å². The lowest BCUT2D eigenvalue weighted by Crippen LogP contribution is -2.02. The van der Waals surface area contributed by atoms with Gasteiger partial charge in [-0.1, -0.05) is 30.0 Å². The molecule has 2 rings (SSSR count). The van der Waals surface area contributed by atoms with Crippen molar-refractivity contribution in [3.63, 3.8) is 0 Å². The number of rotatable bonds is 2. The summed E-state index contributed by atoms with van der Waals surface area (Å²) in [6, 6.07) is 8.62. The number of fused-ring (bicyclic) bond motifs is 1. The average molecular weight is 233 g/mol. The molecule has 0 aliphatic carbocycles. The van der Waals surface area contributed by atoms with E-state index in [9.17, 15) is 0 Å². The van der Waals surface area contributed by atoms with Crippen molar-refractivity contribution in [1.29, 1.82) is 5.41 Å². The van der Waals surface area contributed by atoms with Crippen molar-refractivity contribution in [3.8, 4) is 0 Å². The first-order valence-electron chi connectivity index (χ1n) is 5.21. The molecule has 0 saturated carbocycles. The van der Waals surface area contributed by atoms with Crippen LogP contribution in [0.2, 0.25) is 0 Å². The zero-order chi connectivity index (χ0) is 11.7. The summed E-state index contributed by atoms with van der Waals surface area (Å²) in [5, 5.41) is 8.65. The number of nitrogens with zero attached hydrogens (tertiary/aromatic N) is 1. The fraction of sp³-hybridized carbons (Fsp3) is 0.250. The van der Waals surface area contributed by atoms with Crippen LogP contribution in [0.5, 0.6) is 0 Å². The van der Waals surface area contributed by atoms with E-state index in [0.29, 0.717) is 6.04 Å². The first-order valence-corrected chi connectivity index (χ1v) is 6.02. The minimum Gasteiger partial charge on any atom is -0.378 e. The fourth-order valence-electron chi connectivity index (χ4n) is 1.80. The molecule has 16 heavy (non-hydrogen) atoms. The number of para-hydroxylation sites is 1. The molecule has 0 aliphatic heterocycles. The first kappa shape index (κ1) is 11.1. The highest BCUT2D eigenvalue weighted by Crippen LogP contribution is 2.31. The van der Waals surface area contributed by atoms with Gasteiger partial charge in [-0.25, -0.2) is 0 Å². The molecule has 0 spiro atoms. The summed E-state index contributed by atoms with van der Waals surface area (Å²) < 4.78 is 2.21. The number of benzene rings is 1. The molecular formula is C12H15N3S. The second kappa shape index (κ2) is 4.22. The van der Waals surface area contributed by atoms with Gasteiger partial charge in [0, 0.05) is 28.0 Å². The number of nitrogens with one attached hydrogen (secondary N) is 1. The van der Waals surface area contributed by atoms with Gasteiger partial charge in [0.05, 0.1) is 0 Å². The molecule has 0 amide bonds. The lowest BCUT2D eigenvalue weighted by Gasteiger charge is -2.08. The summed E-state index contributed by atoms with van der Waals surface area (Å²) >= 11 is 1.31. The van der Waals surface area contributed by atoms with E-state index in [2.05, 4.69) is 36.7 Å². The van der Waals surface area contributed by atoms with Gasteiger partial charge in [-0.15, -0.1) is 0 Å². The van der Waals surface area contributed by atoms with Gasteiger partial charge in [-0.05, 0) is 19.9 Å². The third-order valence-corrected chi connectivity index (χ3v) is 3.25. The van der Waals surface area contributed by atoms with Crippen molar-refractivity contribution < 1.29 is 0 Å². The molecule has 2 aromatic rings. The van der Waals surface area contributed by atoms with Crippen LogP contribution in [-0.4, -0.2) is 9.73 Å². The topological polar surface area (TPSA) is 54.8 Å². The van der Waals surface area contributed by atoms with E-state index in [1.165, 1.54) is 17.3 Å². The quantitative estimate of drug-likeness (QED) is 0.475. The zero-order valence-corrected chi connectivity index (χ0v) is 10.2. The molecule has 1 heterocycles. The Balaban J connectivity index is 2.62. The number of aromatic nitrogens is 1. The van der Waals surface area contributed by atoms with Crippen molar-refractivity contribution in [3.05, 3.63) is 30.5 Å². The Labute approximate surface area is 99.1 Å². The number of nitrogens with two attached hydrogens (primary N) is 1. The Bertz CT molecular complexity index is 528. The van der Waals surface area contributed by atoms with Gasteiger partial charge < -0.3 is 10.3 Å². The third-order valence-electron chi connectivity index (χ3n) is 2.48. The van der Waals surface area contributed by atoms with E-state index >= 15 is 0 Å². The molecule has 0 saturated heterocycles. The largest absolute Gasteiger partial charge is 0.378 e. The second-order valence-corrected chi connectivity index (χ2v) is 5.06. The van der Waals surface area contributed by atoms with Crippen molar-refractivity contribution in [2.24, 2.45) is 5.73 Å². The van der Waals surface area contributed by atoms with Crippen molar-refractivity contribution in [1.82, 2.24) is 4.57 Å². The van der Waals surface area contributed by atoms with Crippen LogP contribution in [0.3, 0.4) is 0 Å². The Morgan fingerprint density at radius 1 is 1.38 bits per heavy atom.